The third-order valence-corrected chi connectivity index (χ3v) is 2.76. The van der Waals surface area contributed by atoms with Gasteiger partial charge in [0.05, 0.1) is 0 Å². The van der Waals surface area contributed by atoms with Crippen LogP contribution in [0.1, 0.15) is 5.69 Å². The van der Waals surface area contributed by atoms with E-state index in [9.17, 15) is 4.79 Å². The van der Waals surface area contributed by atoms with Crippen LogP contribution in [-0.2, 0) is 9.63 Å². The molecule has 8 heteroatoms. The standard InChI is InChI=1S/C6H6BrN4O2S/c1-13-11-3(5(8)12)2-4(7)14-6(9)10-2/h8H,1H3,(H2,9,10). The Labute approximate surface area is 92.1 Å². The van der Waals surface area contributed by atoms with Gasteiger partial charge in [-0.3, -0.25) is 10.5 Å². The van der Waals surface area contributed by atoms with E-state index in [4.69, 9.17) is 11.5 Å². The molecule has 0 spiro atoms. The average Bonchev–Trinajstić information content (AvgIpc) is 2.40. The van der Waals surface area contributed by atoms with Gasteiger partial charge in [-0.2, -0.15) is 0 Å². The summed E-state index contributed by atoms with van der Waals surface area (Å²) < 4.78 is 0.548. The maximum absolute atomic E-state index is 10.9. The smallest absolute Gasteiger partial charge is 0.294 e. The van der Waals surface area contributed by atoms with Crippen LogP contribution in [0.3, 0.4) is 0 Å². The van der Waals surface area contributed by atoms with E-state index in [0.29, 0.717) is 3.79 Å². The number of anilines is 1. The molecule has 0 fully saturated rings. The normalized spacial score (nSPS) is 11.4. The highest BCUT2D eigenvalue weighted by Gasteiger charge is 2.19. The quantitative estimate of drug-likeness (QED) is 0.647. The van der Waals surface area contributed by atoms with Gasteiger partial charge in [-0.1, -0.05) is 16.5 Å². The zero-order valence-electron chi connectivity index (χ0n) is 7.07. The van der Waals surface area contributed by atoms with Crippen LogP contribution >= 0.6 is 27.3 Å². The van der Waals surface area contributed by atoms with Gasteiger partial charge in [-0.05, 0) is 15.9 Å². The number of rotatable bonds is 3. The summed E-state index contributed by atoms with van der Waals surface area (Å²) in [7, 11) is 1.28. The Morgan fingerprint density at radius 3 is 2.79 bits per heavy atom. The minimum absolute atomic E-state index is 0.174. The molecule has 0 aliphatic heterocycles. The largest absolute Gasteiger partial charge is 0.398 e. The summed E-state index contributed by atoms with van der Waals surface area (Å²) in [6.07, 6.45) is 0. The van der Waals surface area contributed by atoms with Gasteiger partial charge >= 0.3 is 0 Å². The average molecular weight is 278 g/mol. The molecule has 0 aliphatic rings. The summed E-state index contributed by atoms with van der Waals surface area (Å²) in [5.41, 5.74) is 12.4. The van der Waals surface area contributed by atoms with Crippen LogP contribution in [0.25, 0.3) is 0 Å². The number of hydrogen-bond donors (Lipinski definition) is 1. The number of nitrogens with one attached hydrogen (secondary N) is 1. The molecule has 14 heavy (non-hydrogen) atoms. The Morgan fingerprint density at radius 2 is 2.43 bits per heavy atom. The predicted octanol–water partition coefficient (Wildman–Crippen LogP) is 0.648. The monoisotopic (exact) mass is 277 g/mol. The van der Waals surface area contributed by atoms with Crippen molar-refractivity contribution in [1.82, 2.24) is 10.7 Å². The van der Waals surface area contributed by atoms with Gasteiger partial charge in [0.2, 0.25) is 0 Å². The molecule has 1 radical (unpaired) electrons. The van der Waals surface area contributed by atoms with Crippen LogP contribution in [0.15, 0.2) is 8.94 Å². The molecule has 6 nitrogen and oxygen atoms in total. The number of nitrogen functional groups attached to an aromatic ring is 1. The Hall–Kier alpha value is -1.15. The fourth-order valence-corrected chi connectivity index (χ4v) is 2.08. The highest BCUT2D eigenvalue weighted by atomic mass is 79.9. The zero-order chi connectivity index (χ0) is 10.7. The summed E-state index contributed by atoms with van der Waals surface area (Å²) in [6.45, 7) is 0. The highest BCUT2D eigenvalue weighted by molar-refractivity contribution is 9.11. The summed E-state index contributed by atoms with van der Waals surface area (Å²) in [5, 5.41) is 3.70. The first-order valence-corrected chi connectivity index (χ1v) is 4.96. The van der Waals surface area contributed by atoms with Crippen molar-refractivity contribution in [3.63, 3.8) is 0 Å². The molecule has 1 amide bonds. The van der Waals surface area contributed by atoms with Crippen molar-refractivity contribution in [3.8, 4) is 0 Å². The Bertz CT molecular complexity index is 389. The lowest BCUT2D eigenvalue weighted by Crippen LogP contribution is -2.17. The first kappa shape index (κ1) is 10.9. The maximum atomic E-state index is 10.9. The van der Waals surface area contributed by atoms with E-state index in [1.807, 2.05) is 0 Å². The number of hydrogen-bond acceptors (Lipinski definition) is 6. The lowest BCUT2D eigenvalue weighted by atomic mass is 10.3. The summed E-state index contributed by atoms with van der Waals surface area (Å²) >= 11 is 4.31. The molecule has 0 saturated heterocycles. The SMILES string of the molecule is CON=C(C([NH])=O)c1nc(N)sc1Br. The summed E-state index contributed by atoms with van der Waals surface area (Å²) in [6, 6.07) is 0. The van der Waals surface area contributed by atoms with Crippen molar-refractivity contribution in [2.24, 2.45) is 5.16 Å². The molecule has 1 heterocycles. The van der Waals surface area contributed by atoms with Crippen molar-refractivity contribution < 1.29 is 9.63 Å². The van der Waals surface area contributed by atoms with Gasteiger partial charge in [0.15, 0.2) is 10.8 Å². The van der Waals surface area contributed by atoms with E-state index >= 15 is 0 Å². The number of nitrogens with zero attached hydrogens (tertiary/aromatic N) is 2. The minimum Gasteiger partial charge on any atom is -0.398 e. The van der Waals surface area contributed by atoms with Crippen molar-refractivity contribution >= 4 is 44.0 Å². The maximum Gasteiger partial charge on any atom is 0.294 e. The van der Waals surface area contributed by atoms with Crippen LogP contribution in [0, 0.1) is 0 Å². The first-order chi connectivity index (χ1) is 6.56. The van der Waals surface area contributed by atoms with E-state index < -0.39 is 5.91 Å². The van der Waals surface area contributed by atoms with Gasteiger partial charge in [0, 0.05) is 0 Å². The van der Waals surface area contributed by atoms with E-state index in [2.05, 4.69) is 30.9 Å². The van der Waals surface area contributed by atoms with Crippen LogP contribution in [0.2, 0.25) is 0 Å². The van der Waals surface area contributed by atoms with Gasteiger partial charge < -0.3 is 10.6 Å². The van der Waals surface area contributed by atoms with Crippen molar-refractivity contribution in [1.29, 1.82) is 0 Å². The van der Waals surface area contributed by atoms with E-state index in [-0.39, 0.29) is 16.5 Å². The van der Waals surface area contributed by atoms with Gasteiger partial charge in [-0.25, -0.2) is 4.98 Å². The molecule has 0 unspecified atom stereocenters. The zero-order valence-corrected chi connectivity index (χ0v) is 9.48. The molecule has 0 saturated carbocycles. The van der Waals surface area contributed by atoms with Crippen LogP contribution in [-0.4, -0.2) is 23.7 Å². The van der Waals surface area contributed by atoms with Gasteiger partial charge in [-0.15, -0.1) is 0 Å². The molecule has 0 atom stereocenters. The Morgan fingerprint density at radius 1 is 1.79 bits per heavy atom. The Kier molecular flexibility index (Phi) is 3.42. The molecule has 75 valence electrons. The fraction of sp³-hybridized carbons (Fsp3) is 0.167. The number of oxime groups is 1. The summed E-state index contributed by atoms with van der Waals surface area (Å²) in [4.78, 5) is 19.1. The molecule has 1 rings (SSSR count). The summed E-state index contributed by atoms with van der Waals surface area (Å²) in [5.74, 6) is -0.974. The topological polar surface area (TPSA) is 101 Å². The van der Waals surface area contributed by atoms with Crippen LogP contribution in [0.5, 0.6) is 0 Å². The predicted molar refractivity (Wildman–Crippen MR) is 55.9 cm³/mol. The van der Waals surface area contributed by atoms with Gasteiger partial charge in [0.25, 0.3) is 5.91 Å². The molecular formula is C6H6BrN4O2S. The number of halogens is 1. The van der Waals surface area contributed by atoms with Crippen molar-refractivity contribution in [3.05, 3.63) is 9.48 Å². The first-order valence-electron chi connectivity index (χ1n) is 3.35. The van der Waals surface area contributed by atoms with Crippen LogP contribution < -0.4 is 11.5 Å². The van der Waals surface area contributed by atoms with Gasteiger partial charge in [0.1, 0.15) is 16.6 Å². The number of amides is 1. The molecule has 1 aromatic heterocycles. The number of nitrogens with two attached hydrogens (primary N) is 1. The third kappa shape index (κ3) is 2.20. The van der Waals surface area contributed by atoms with Crippen molar-refractivity contribution in [2.45, 2.75) is 0 Å². The lowest BCUT2D eigenvalue weighted by molar-refractivity contribution is -0.112. The number of carbonyl (C=O) groups excluding carboxylic acids is 1. The highest BCUT2D eigenvalue weighted by Crippen LogP contribution is 2.26. The lowest BCUT2D eigenvalue weighted by Gasteiger charge is -1.96. The fourth-order valence-electron chi connectivity index (χ4n) is 0.747. The molecule has 0 bridgehead atoms. The van der Waals surface area contributed by atoms with Crippen molar-refractivity contribution in [2.75, 3.05) is 12.8 Å². The molecule has 1 aromatic rings. The second-order valence-electron chi connectivity index (χ2n) is 2.13. The molecule has 3 N–H and O–H groups in total. The van der Waals surface area contributed by atoms with E-state index in [0.717, 1.165) is 11.3 Å². The second-order valence-corrected chi connectivity index (χ2v) is 4.47. The number of carbonyl (C=O) groups is 1. The Balaban J connectivity index is 3.18. The molecular weight excluding hydrogens is 272 g/mol. The molecule has 0 aromatic carbocycles. The third-order valence-electron chi connectivity index (χ3n) is 1.22. The minimum atomic E-state index is -0.974. The van der Waals surface area contributed by atoms with E-state index in [1.165, 1.54) is 7.11 Å². The van der Waals surface area contributed by atoms with E-state index in [1.54, 1.807) is 0 Å². The second kappa shape index (κ2) is 4.38. The van der Waals surface area contributed by atoms with Crippen LogP contribution in [0.4, 0.5) is 5.13 Å². The molecule has 0 aliphatic carbocycles. The number of thiazole rings is 1. The number of aromatic nitrogens is 1.